The maximum absolute atomic E-state index is 13.1. The Bertz CT molecular complexity index is 1320. The summed E-state index contributed by atoms with van der Waals surface area (Å²) in [6.07, 6.45) is -0.601. The Morgan fingerprint density at radius 2 is 1.95 bits per heavy atom. The second-order valence-electron chi connectivity index (χ2n) is 9.27. The van der Waals surface area contributed by atoms with Crippen LogP contribution >= 0.6 is 11.3 Å². The zero-order valence-electron chi connectivity index (χ0n) is 20.4. The highest BCUT2D eigenvalue weighted by Crippen LogP contribution is 2.31. The van der Waals surface area contributed by atoms with Crippen molar-refractivity contribution in [2.24, 2.45) is 5.18 Å². The number of carbonyl (C=O) groups excluding carboxylic acids is 3. The number of rotatable bonds is 6. The highest BCUT2D eigenvalue weighted by Gasteiger charge is 2.48. The SMILES string of the molecule is COc1ccc2c(c1)C(=O)N(C[C@@]1(C#Cc3ccc(C(N=O)N4CCN(C)CC4)s3)NC(=O)NC1=O)C2. The Kier molecular flexibility index (Phi) is 6.68. The highest BCUT2D eigenvalue weighted by molar-refractivity contribution is 7.12. The number of ether oxygens (including phenoxy) is 1. The number of urea groups is 1. The van der Waals surface area contributed by atoms with Crippen LogP contribution in [0.25, 0.3) is 0 Å². The van der Waals surface area contributed by atoms with E-state index in [1.165, 1.54) is 23.3 Å². The van der Waals surface area contributed by atoms with Crippen LogP contribution in [0, 0.1) is 16.7 Å². The Labute approximate surface area is 217 Å². The van der Waals surface area contributed by atoms with Crippen LogP contribution in [0.5, 0.6) is 5.75 Å². The predicted molar refractivity (Wildman–Crippen MR) is 136 cm³/mol. The van der Waals surface area contributed by atoms with E-state index in [4.69, 9.17) is 4.74 Å². The van der Waals surface area contributed by atoms with Crippen LogP contribution in [0.3, 0.4) is 0 Å². The van der Waals surface area contributed by atoms with Crippen molar-refractivity contribution >= 4 is 29.2 Å². The summed E-state index contributed by atoms with van der Waals surface area (Å²) >= 11 is 1.32. The molecule has 5 rings (SSSR count). The van der Waals surface area contributed by atoms with Gasteiger partial charge < -0.3 is 19.9 Å². The van der Waals surface area contributed by atoms with Crippen molar-refractivity contribution in [1.82, 2.24) is 25.3 Å². The molecule has 0 radical (unpaired) electrons. The third kappa shape index (κ3) is 4.81. The standard InChI is InChI=1S/C25H26N6O5S/c1-29-9-11-30(12-10-29)21(28-35)20-6-5-18(37-20)7-8-25(23(33)26-24(34)27-25)15-31-14-16-3-4-17(36-2)13-19(16)22(31)32/h3-6,13,21H,9-12,14-15H2,1-2H3,(H2,26,27,33,34)/t21?,25-/m1/s1. The van der Waals surface area contributed by atoms with E-state index >= 15 is 0 Å². The molecule has 1 aromatic carbocycles. The number of imide groups is 1. The first-order chi connectivity index (χ1) is 17.8. The Hall–Kier alpha value is -3.79. The lowest BCUT2D eigenvalue weighted by Crippen LogP contribution is -2.54. The summed E-state index contributed by atoms with van der Waals surface area (Å²) in [4.78, 5) is 56.8. The number of methoxy groups -OCH3 is 1. The first kappa shape index (κ1) is 24.9. The topological polar surface area (TPSA) is 124 Å². The molecular weight excluding hydrogens is 496 g/mol. The number of nitrogens with zero attached hydrogens (tertiary/aromatic N) is 4. The van der Waals surface area contributed by atoms with Crippen molar-refractivity contribution < 1.29 is 19.1 Å². The Balaban J connectivity index is 1.37. The van der Waals surface area contributed by atoms with Crippen LogP contribution in [0.15, 0.2) is 35.5 Å². The summed E-state index contributed by atoms with van der Waals surface area (Å²) in [6.45, 7) is 3.34. The molecule has 0 bridgehead atoms. The third-order valence-electron chi connectivity index (χ3n) is 6.83. The van der Waals surface area contributed by atoms with Gasteiger partial charge in [-0.15, -0.1) is 16.2 Å². The van der Waals surface area contributed by atoms with E-state index in [-0.39, 0.29) is 19.0 Å². The molecule has 3 aliphatic heterocycles. The lowest BCUT2D eigenvalue weighted by Gasteiger charge is -2.34. The first-order valence-corrected chi connectivity index (χ1v) is 12.6. The van der Waals surface area contributed by atoms with Gasteiger partial charge in [-0.3, -0.25) is 19.8 Å². The fourth-order valence-corrected chi connectivity index (χ4v) is 5.63. The summed E-state index contributed by atoms with van der Waals surface area (Å²) in [6, 6.07) is 8.15. The summed E-state index contributed by atoms with van der Waals surface area (Å²) in [5.41, 5.74) is -0.313. The number of nitroso groups, excluding NO2 is 1. The minimum absolute atomic E-state index is 0.120. The molecule has 12 heteroatoms. The summed E-state index contributed by atoms with van der Waals surface area (Å²) in [7, 11) is 3.56. The summed E-state index contributed by atoms with van der Waals surface area (Å²) in [5.74, 6) is 5.57. The number of likely N-dealkylation sites (N-methyl/N-ethyl adjacent to an activating group) is 1. The largest absolute Gasteiger partial charge is 0.497 e. The molecule has 192 valence electrons. The molecule has 2 N–H and O–H groups in total. The van der Waals surface area contributed by atoms with Gasteiger partial charge in [0.2, 0.25) is 5.54 Å². The van der Waals surface area contributed by atoms with Gasteiger partial charge in [0.05, 0.1) is 18.5 Å². The van der Waals surface area contributed by atoms with Crippen molar-refractivity contribution in [2.45, 2.75) is 18.2 Å². The Morgan fingerprint density at radius 1 is 1.16 bits per heavy atom. The van der Waals surface area contributed by atoms with Crippen molar-refractivity contribution in [2.75, 3.05) is 46.9 Å². The van der Waals surface area contributed by atoms with Crippen molar-refractivity contribution in [1.29, 1.82) is 0 Å². The molecule has 1 unspecified atom stereocenters. The molecule has 4 amide bonds. The lowest BCUT2D eigenvalue weighted by molar-refractivity contribution is -0.122. The van der Waals surface area contributed by atoms with Crippen molar-refractivity contribution in [3.63, 3.8) is 0 Å². The average molecular weight is 523 g/mol. The molecule has 0 saturated carbocycles. The lowest BCUT2D eigenvalue weighted by atomic mass is 9.99. The van der Waals surface area contributed by atoms with Gasteiger partial charge in [0.1, 0.15) is 5.75 Å². The zero-order chi connectivity index (χ0) is 26.2. The molecular formula is C25H26N6O5S. The van der Waals surface area contributed by atoms with Gasteiger partial charge in [0.25, 0.3) is 11.8 Å². The molecule has 1 aromatic heterocycles. The molecule has 0 aliphatic carbocycles. The second kappa shape index (κ2) is 9.93. The number of hydrogen-bond donors (Lipinski definition) is 2. The molecule has 2 fully saturated rings. The van der Waals surface area contributed by atoms with Crippen LogP contribution < -0.4 is 15.4 Å². The van der Waals surface area contributed by atoms with Gasteiger partial charge in [-0.25, -0.2) is 4.79 Å². The number of carbonyl (C=O) groups is 3. The van der Waals surface area contributed by atoms with Gasteiger partial charge in [0.15, 0.2) is 6.17 Å². The number of benzene rings is 1. The van der Waals surface area contributed by atoms with Crippen molar-refractivity contribution in [3.8, 4) is 17.6 Å². The number of nitrogens with one attached hydrogen (secondary N) is 2. The highest BCUT2D eigenvalue weighted by atomic mass is 32.1. The van der Waals surface area contributed by atoms with Gasteiger partial charge in [-0.2, -0.15) is 0 Å². The zero-order valence-corrected chi connectivity index (χ0v) is 21.3. The van der Waals surface area contributed by atoms with Crippen LogP contribution in [-0.2, 0) is 11.3 Å². The summed E-state index contributed by atoms with van der Waals surface area (Å²) < 4.78 is 5.22. The van der Waals surface area contributed by atoms with E-state index in [1.807, 2.05) is 24.1 Å². The minimum atomic E-state index is -1.61. The third-order valence-corrected chi connectivity index (χ3v) is 7.87. The molecule has 3 aliphatic rings. The quantitative estimate of drug-likeness (QED) is 0.334. The maximum atomic E-state index is 13.1. The molecule has 0 spiro atoms. The smallest absolute Gasteiger partial charge is 0.323 e. The number of thiophene rings is 1. The van der Waals surface area contributed by atoms with Crippen molar-refractivity contribution in [3.05, 3.63) is 56.1 Å². The van der Waals surface area contributed by atoms with Crippen LogP contribution in [0.4, 0.5) is 4.79 Å². The average Bonchev–Trinajstić information content (AvgIpc) is 3.56. The summed E-state index contributed by atoms with van der Waals surface area (Å²) in [5, 5.41) is 8.20. The van der Waals surface area contributed by atoms with Crippen LogP contribution in [0.1, 0.15) is 31.8 Å². The van der Waals surface area contributed by atoms with Crippen LogP contribution in [0.2, 0.25) is 0 Å². The van der Waals surface area contributed by atoms with E-state index in [2.05, 4.69) is 32.6 Å². The monoisotopic (exact) mass is 522 g/mol. The predicted octanol–water partition coefficient (Wildman–Crippen LogP) is 1.35. The number of piperazine rings is 1. The maximum Gasteiger partial charge on any atom is 0.323 e. The molecule has 2 aromatic rings. The molecule has 11 nitrogen and oxygen atoms in total. The molecule has 4 heterocycles. The second-order valence-corrected chi connectivity index (χ2v) is 10.4. The van der Waals surface area contributed by atoms with E-state index in [0.29, 0.717) is 16.2 Å². The van der Waals surface area contributed by atoms with E-state index in [1.54, 1.807) is 18.2 Å². The number of fused-ring (bicyclic) bond motifs is 1. The number of amides is 4. The molecule has 2 saturated heterocycles. The van der Waals surface area contributed by atoms with Gasteiger partial charge in [0, 0.05) is 43.2 Å². The van der Waals surface area contributed by atoms with Gasteiger partial charge in [-0.05, 0) is 42.1 Å². The first-order valence-electron chi connectivity index (χ1n) is 11.8. The van der Waals surface area contributed by atoms with Crippen LogP contribution in [-0.4, -0.2) is 85.0 Å². The van der Waals surface area contributed by atoms with Gasteiger partial charge in [-0.1, -0.05) is 17.9 Å². The molecule has 37 heavy (non-hydrogen) atoms. The van der Waals surface area contributed by atoms with Gasteiger partial charge >= 0.3 is 6.03 Å². The van der Waals surface area contributed by atoms with E-state index in [9.17, 15) is 19.3 Å². The van der Waals surface area contributed by atoms with E-state index in [0.717, 1.165) is 36.6 Å². The molecule has 2 atom stereocenters. The van der Waals surface area contributed by atoms with E-state index < -0.39 is 23.6 Å². The number of hydrogen-bond acceptors (Lipinski definition) is 9. The fourth-order valence-electron chi connectivity index (χ4n) is 4.70. The minimum Gasteiger partial charge on any atom is -0.497 e. The Morgan fingerprint density at radius 3 is 2.62 bits per heavy atom. The fraction of sp³-hybridized carbons (Fsp3) is 0.400. The normalized spacial score (nSPS) is 22.6.